The molecule has 0 aromatic heterocycles. The van der Waals surface area contributed by atoms with Gasteiger partial charge in [0.15, 0.2) is 5.78 Å². The van der Waals surface area contributed by atoms with Gasteiger partial charge >= 0.3 is 0 Å². The van der Waals surface area contributed by atoms with Gasteiger partial charge in [-0.2, -0.15) is 0 Å². The summed E-state index contributed by atoms with van der Waals surface area (Å²) in [6, 6.07) is 13.2. The van der Waals surface area contributed by atoms with Crippen molar-refractivity contribution in [2.75, 3.05) is 6.61 Å². The van der Waals surface area contributed by atoms with E-state index in [0.717, 1.165) is 0 Å². The fraction of sp³-hybridized carbons (Fsp3) is 0.118. The van der Waals surface area contributed by atoms with Gasteiger partial charge in [-0.05, 0) is 37.3 Å². The maximum Gasteiger partial charge on any atom is 0.276 e. The van der Waals surface area contributed by atoms with Crippen LogP contribution in [0.1, 0.15) is 22.8 Å². The molecule has 0 saturated heterocycles. The molecule has 112 valence electrons. The molecule has 0 fully saturated rings. The average molecular weight is 297 g/mol. The lowest BCUT2D eigenvalue weighted by atomic mass is 10.1. The van der Waals surface area contributed by atoms with E-state index in [4.69, 9.17) is 4.74 Å². The first-order chi connectivity index (χ1) is 10.6. The van der Waals surface area contributed by atoms with Crippen molar-refractivity contribution in [2.24, 2.45) is 0 Å². The van der Waals surface area contributed by atoms with Crippen molar-refractivity contribution < 1.29 is 14.5 Å². The third-order valence-electron chi connectivity index (χ3n) is 3.00. The van der Waals surface area contributed by atoms with E-state index in [1.165, 1.54) is 18.2 Å². The molecule has 0 saturated carbocycles. The maximum atomic E-state index is 12.3. The zero-order chi connectivity index (χ0) is 15.9. The minimum Gasteiger partial charge on any atom is -0.493 e. The number of para-hydroxylation sites is 2. The molecule has 0 radical (unpaired) electrons. The smallest absolute Gasteiger partial charge is 0.276 e. The number of hydrogen-bond donors (Lipinski definition) is 0. The molecular formula is C17H15NO4. The zero-order valence-corrected chi connectivity index (χ0v) is 12.1. The highest BCUT2D eigenvalue weighted by molar-refractivity contribution is 6.08. The van der Waals surface area contributed by atoms with Crippen LogP contribution in [0.2, 0.25) is 0 Å². The Morgan fingerprint density at radius 2 is 1.86 bits per heavy atom. The highest BCUT2D eigenvalue weighted by Crippen LogP contribution is 2.22. The number of allylic oxidation sites excluding steroid dienone is 1. The molecule has 0 N–H and O–H groups in total. The first-order valence-electron chi connectivity index (χ1n) is 6.81. The van der Waals surface area contributed by atoms with Gasteiger partial charge in [0, 0.05) is 6.07 Å². The number of carbonyl (C=O) groups excluding carboxylic acids is 1. The third-order valence-corrected chi connectivity index (χ3v) is 3.00. The van der Waals surface area contributed by atoms with Crippen molar-refractivity contribution in [2.45, 2.75) is 6.92 Å². The predicted octanol–water partition coefficient (Wildman–Crippen LogP) is 3.89. The van der Waals surface area contributed by atoms with Crippen LogP contribution in [0.15, 0.2) is 54.6 Å². The summed E-state index contributed by atoms with van der Waals surface area (Å²) >= 11 is 0. The highest BCUT2D eigenvalue weighted by Gasteiger charge is 2.12. The number of nitro benzene ring substituents is 1. The first kappa shape index (κ1) is 15.4. The monoisotopic (exact) mass is 297 g/mol. The number of hydrogen-bond acceptors (Lipinski definition) is 4. The van der Waals surface area contributed by atoms with Gasteiger partial charge in [0.05, 0.1) is 22.7 Å². The second-order valence-corrected chi connectivity index (χ2v) is 4.44. The van der Waals surface area contributed by atoms with Crippen LogP contribution in [-0.2, 0) is 0 Å². The predicted molar refractivity (Wildman–Crippen MR) is 84.1 cm³/mol. The second-order valence-electron chi connectivity index (χ2n) is 4.44. The van der Waals surface area contributed by atoms with Crippen molar-refractivity contribution in [3.05, 3.63) is 75.8 Å². The average Bonchev–Trinajstić information content (AvgIpc) is 2.53. The van der Waals surface area contributed by atoms with Gasteiger partial charge < -0.3 is 4.74 Å². The lowest BCUT2D eigenvalue weighted by Gasteiger charge is -2.06. The van der Waals surface area contributed by atoms with Gasteiger partial charge in [-0.15, -0.1) is 0 Å². The van der Waals surface area contributed by atoms with Crippen molar-refractivity contribution in [1.82, 2.24) is 0 Å². The maximum absolute atomic E-state index is 12.3. The van der Waals surface area contributed by atoms with Gasteiger partial charge in [-0.1, -0.05) is 24.3 Å². The van der Waals surface area contributed by atoms with Gasteiger partial charge in [0.25, 0.3) is 5.69 Å². The molecule has 5 heteroatoms. The van der Waals surface area contributed by atoms with Gasteiger partial charge in [0.1, 0.15) is 5.75 Å². The summed E-state index contributed by atoms with van der Waals surface area (Å²) in [4.78, 5) is 22.7. The summed E-state index contributed by atoms with van der Waals surface area (Å²) < 4.78 is 5.41. The lowest BCUT2D eigenvalue weighted by molar-refractivity contribution is -0.385. The normalized spacial score (nSPS) is 10.6. The summed E-state index contributed by atoms with van der Waals surface area (Å²) in [7, 11) is 0. The minimum absolute atomic E-state index is 0.0374. The quantitative estimate of drug-likeness (QED) is 0.351. The van der Waals surface area contributed by atoms with E-state index in [0.29, 0.717) is 23.5 Å². The first-order valence-corrected chi connectivity index (χ1v) is 6.81. The van der Waals surface area contributed by atoms with Gasteiger partial charge in [-0.3, -0.25) is 14.9 Å². The minimum atomic E-state index is -0.474. The molecule has 0 unspecified atom stereocenters. The zero-order valence-electron chi connectivity index (χ0n) is 12.1. The number of benzene rings is 2. The van der Waals surface area contributed by atoms with Crippen molar-refractivity contribution in [1.29, 1.82) is 0 Å². The molecule has 0 bridgehead atoms. The lowest BCUT2D eigenvalue weighted by Crippen LogP contribution is -2.01. The fourth-order valence-corrected chi connectivity index (χ4v) is 2.00. The van der Waals surface area contributed by atoms with Crippen LogP contribution in [0.5, 0.6) is 5.75 Å². The molecule has 0 atom stereocenters. The molecule has 0 aliphatic rings. The van der Waals surface area contributed by atoms with Crippen LogP contribution in [0, 0.1) is 10.1 Å². The van der Waals surface area contributed by atoms with Crippen molar-refractivity contribution in [3.63, 3.8) is 0 Å². The standard InChI is InChI=1S/C17H15NO4/c1-2-22-17-10-6-4-8-14(17)16(19)12-11-13-7-3-5-9-15(13)18(20)21/h3-12H,2H2,1H3/b12-11+. The number of rotatable bonds is 6. The Hall–Kier alpha value is -2.95. The Balaban J connectivity index is 2.28. The SMILES string of the molecule is CCOc1ccccc1C(=O)/C=C/c1ccccc1[N+](=O)[O-]. The number of nitrogens with zero attached hydrogens (tertiary/aromatic N) is 1. The molecule has 2 rings (SSSR count). The summed E-state index contributed by atoms with van der Waals surface area (Å²) in [6.07, 6.45) is 2.77. The molecule has 2 aromatic carbocycles. The largest absolute Gasteiger partial charge is 0.493 e. The Bertz CT molecular complexity index is 722. The van der Waals surface area contributed by atoms with E-state index >= 15 is 0 Å². The van der Waals surface area contributed by atoms with Crippen LogP contribution >= 0.6 is 0 Å². The van der Waals surface area contributed by atoms with Gasteiger partial charge in [0.2, 0.25) is 0 Å². The Morgan fingerprint density at radius 3 is 2.59 bits per heavy atom. The second kappa shape index (κ2) is 7.17. The Labute approximate surface area is 128 Å². The summed E-state index contributed by atoms with van der Waals surface area (Å²) in [6.45, 7) is 2.29. The van der Waals surface area contributed by atoms with E-state index in [1.807, 2.05) is 6.92 Å². The van der Waals surface area contributed by atoms with Crippen molar-refractivity contribution in [3.8, 4) is 5.75 Å². The molecule has 0 amide bonds. The van der Waals surface area contributed by atoms with E-state index in [-0.39, 0.29) is 11.5 Å². The molecule has 0 aliphatic heterocycles. The van der Waals surface area contributed by atoms with E-state index in [2.05, 4.69) is 0 Å². The Kier molecular flexibility index (Phi) is 5.03. The van der Waals surface area contributed by atoms with Gasteiger partial charge in [-0.25, -0.2) is 0 Å². The van der Waals surface area contributed by atoms with Crippen LogP contribution in [0.4, 0.5) is 5.69 Å². The van der Waals surface area contributed by atoms with Crippen LogP contribution < -0.4 is 4.74 Å². The molecular weight excluding hydrogens is 282 g/mol. The molecule has 5 nitrogen and oxygen atoms in total. The topological polar surface area (TPSA) is 69.4 Å². The molecule has 2 aromatic rings. The highest BCUT2D eigenvalue weighted by atomic mass is 16.6. The van der Waals surface area contributed by atoms with E-state index in [9.17, 15) is 14.9 Å². The van der Waals surface area contributed by atoms with E-state index in [1.54, 1.807) is 42.5 Å². The van der Waals surface area contributed by atoms with Crippen LogP contribution in [-0.4, -0.2) is 17.3 Å². The molecule has 0 heterocycles. The molecule has 22 heavy (non-hydrogen) atoms. The summed E-state index contributed by atoms with van der Waals surface area (Å²) in [5.74, 6) is 0.240. The van der Waals surface area contributed by atoms with Crippen LogP contribution in [0.25, 0.3) is 6.08 Å². The number of ketones is 1. The van der Waals surface area contributed by atoms with Crippen molar-refractivity contribution >= 4 is 17.5 Å². The number of nitro groups is 1. The summed E-state index contributed by atoms with van der Waals surface area (Å²) in [5.41, 5.74) is 0.776. The van der Waals surface area contributed by atoms with Crippen LogP contribution in [0.3, 0.4) is 0 Å². The molecule has 0 aliphatic carbocycles. The fourth-order valence-electron chi connectivity index (χ4n) is 2.00. The Morgan fingerprint density at radius 1 is 1.18 bits per heavy atom. The number of ether oxygens (including phenoxy) is 1. The van der Waals surface area contributed by atoms with E-state index < -0.39 is 4.92 Å². The summed E-state index contributed by atoms with van der Waals surface area (Å²) in [5, 5.41) is 10.9. The third kappa shape index (κ3) is 3.58. The molecule has 0 spiro atoms. The number of carbonyl (C=O) groups is 1.